The number of aliphatic imine (C=N–C) groups is 1. The van der Waals surface area contributed by atoms with Crippen LogP contribution in [0.25, 0.3) is 0 Å². The minimum absolute atomic E-state index is 0.0710. The maximum Gasteiger partial charge on any atom is 0.266 e. The molecule has 2 atom stereocenters. The zero-order chi connectivity index (χ0) is 30.8. The van der Waals surface area contributed by atoms with Gasteiger partial charge in [-0.3, -0.25) is 10.2 Å². The number of hydrazine groups is 1. The first-order valence-electron chi connectivity index (χ1n) is 14.6. The Bertz CT molecular complexity index is 1550. The van der Waals surface area contributed by atoms with Crippen LogP contribution in [0.5, 0.6) is 11.5 Å². The van der Waals surface area contributed by atoms with Crippen molar-refractivity contribution in [1.82, 2.24) is 10.9 Å². The number of halogens is 1. The number of benzene rings is 4. The molecule has 1 aliphatic rings. The number of ether oxygens (including phenoxy) is 3. The molecule has 0 saturated heterocycles. The molecule has 0 spiro atoms. The Labute approximate surface area is 266 Å². The molecule has 4 aromatic carbocycles. The number of aliphatic hydroxyl groups excluding tert-OH is 1. The summed E-state index contributed by atoms with van der Waals surface area (Å²) in [5.41, 5.74) is 8.38. The van der Waals surface area contributed by atoms with E-state index in [9.17, 15) is 4.79 Å². The highest BCUT2D eigenvalue weighted by atomic mass is 79.9. The SMILES string of the molecule is COc1cccc(CCNNC(=O)[C@@]2(Cc3ccccc3)N=C(c3ccc(OCCCO)cc3)O[C@H]2c2ccc(Br)cc2)c1. The summed E-state index contributed by atoms with van der Waals surface area (Å²) in [6.07, 6.45) is 0.879. The molecule has 0 fully saturated rings. The highest BCUT2D eigenvalue weighted by Gasteiger charge is 2.53. The monoisotopic (exact) mass is 657 g/mol. The van der Waals surface area contributed by atoms with Gasteiger partial charge in [-0.25, -0.2) is 10.4 Å². The van der Waals surface area contributed by atoms with Crippen LogP contribution in [0.2, 0.25) is 0 Å². The number of rotatable bonds is 14. The Morgan fingerprint density at radius 1 is 0.955 bits per heavy atom. The molecule has 5 rings (SSSR count). The van der Waals surface area contributed by atoms with E-state index >= 15 is 0 Å². The third-order valence-corrected chi connectivity index (χ3v) is 7.92. The van der Waals surface area contributed by atoms with Gasteiger partial charge in [-0.1, -0.05) is 70.5 Å². The van der Waals surface area contributed by atoms with E-state index in [1.54, 1.807) is 7.11 Å². The number of methoxy groups -OCH3 is 1. The highest BCUT2D eigenvalue weighted by Crippen LogP contribution is 2.42. The summed E-state index contributed by atoms with van der Waals surface area (Å²) in [5.74, 6) is 1.56. The fraction of sp³-hybridized carbons (Fsp3) is 0.257. The van der Waals surface area contributed by atoms with Crippen molar-refractivity contribution < 1.29 is 24.1 Å². The summed E-state index contributed by atoms with van der Waals surface area (Å²) >= 11 is 3.52. The van der Waals surface area contributed by atoms with Crippen molar-refractivity contribution in [2.24, 2.45) is 4.99 Å². The fourth-order valence-electron chi connectivity index (χ4n) is 5.11. The standard InChI is InChI=1S/C35H36BrN3O5/c1-42-31-10-5-9-25(23-31)19-20-37-39-34(41)35(24-26-7-3-2-4-8-26)32(27-11-15-29(36)16-12-27)44-33(38-35)28-13-17-30(18-14-28)43-22-6-21-40/h2-5,7-18,23,32,37,40H,6,19-22,24H2,1H3,(H,39,41)/t32-,35-/m0/s1. The molecular weight excluding hydrogens is 622 g/mol. The maximum absolute atomic E-state index is 14.3. The Kier molecular flexibility index (Phi) is 10.7. The lowest BCUT2D eigenvalue weighted by Crippen LogP contribution is -2.54. The number of hydrogen-bond acceptors (Lipinski definition) is 7. The first-order chi connectivity index (χ1) is 21.5. The molecule has 4 aromatic rings. The molecule has 1 amide bonds. The van der Waals surface area contributed by atoms with Gasteiger partial charge in [0.2, 0.25) is 5.90 Å². The fourth-order valence-corrected chi connectivity index (χ4v) is 5.38. The predicted molar refractivity (Wildman–Crippen MR) is 174 cm³/mol. The molecular formula is C35H36BrN3O5. The first-order valence-corrected chi connectivity index (χ1v) is 15.4. The number of nitrogens with zero attached hydrogens (tertiary/aromatic N) is 1. The lowest BCUT2D eigenvalue weighted by Gasteiger charge is -2.31. The quantitative estimate of drug-likeness (QED) is 0.121. The molecule has 0 bridgehead atoms. The maximum atomic E-state index is 14.3. The number of hydrogen-bond donors (Lipinski definition) is 3. The Balaban J connectivity index is 1.44. The van der Waals surface area contributed by atoms with Crippen molar-refractivity contribution in [3.63, 3.8) is 0 Å². The molecule has 9 heteroatoms. The van der Waals surface area contributed by atoms with Crippen LogP contribution in [0, 0.1) is 0 Å². The molecule has 1 aliphatic heterocycles. The number of amides is 1. The Morgan fingerprint density at radius 2 is 1.70 bits per heavy atom. The number of carbonyl (C=O) groups is 1. The first kappa shape index (κ1) is 31.3. The van der Waals surface area contributed by atoms with Crippen molar-refractivity contribution in [3.8, 4) is 11.5 Å². The van der Waals surface area contributed by atoms with Gasteiger partial charge in [-0.2, -0.15) is 0 Å². The van der Waals surface area contributed by atoms with E-state index in [0.29, 0.717) is 44.1 Å². The van der Waals surface area contributed by atoms with E-state index < -0.39 is 11.6 Å². The third-order valence-electron chi connectivity index (χ3n) is 7.39. The Morgan fingerprint density at radius 3 is 2.43 bits per heavy atom. The van der Waals surface area contributed by atoms with Crippen LogP contribution in [0.3, 0.4) is 0 Å². The molecule has 0 saturated carbocycles. The van der Waals surface area contributed by atoms with Crippen LogP contribution >= 0.6 is 15.9 Å². The van der Waals surface area contributed by atoms with E-state index in [-0.39, 0.29) is 12.5 Å². The second kappa shape index (κ2) is 15.0. The number of aliphatic hydroxyl groups is 1. The van der Waals surface area contributed by atoms with Gasteiger partial charge in [-0.05, 0) is 71.6 Å². The van der Waals surface area contributed by atoms with Gasteiger partial charge in [0.1, 0.15) is 11.5 Å². The average molecular weight is 659 g/mol. The van der Waals surface area contributed by atoms with Crippen LogP contribution in [0.4, 0.5) is 0 Å². The van der Waals surface area contributed by atoms with Crippen LogP contribution in [-0.4, -0.2) is 49.3 Å². The topological polar surface area (TPSA) is 101 Å². The van der Waals surface area contributed by atoms with Crippen LogP contribution in [0.15, 0.2) is 113 Å². The van der Waals surface area contributed by atoms with Crippen molar-refractivity contribution in [1.29, 1.82) is 0 Å². The van der Waals surface area contributed by atoms with Gasteiger partial charge in [0.15, 0.2) is 11.6 Å². The van der Waals surface area contributed by atoms with E-state index in [0.717, 1.165) is 32.5 Å². The van der Waals surface area contributed by atoms with E-state index in [2.05, 4.69) is 26.8 Å². The van der Waals surface area contributed by atoms with E-state index in [1.807, 2.05) is 103 Å². The van der Waals surface area contributed by atoms with Gasteiger partial charge in [0.05, 0.1) is 13.7 Å². The number of carbonyl (C=O) groups excluding carboxylic acids is 1. The van der Waals surface area contributed by atoms with E-state index in [4.69, 9.17) is 24.3 Å². The van der Waals surface area contributed by atoms with Crippen LogP contribution in [-0.2, 0) is 22.4 Å². The molecule has 0 aliphatic carbocycles. The largest absolute Gasteiger partial charge is 0.497 e. The smallest absolute Gasteiger partial charge is 0.266 e. The number of nitrogens with one attached hydrogen (secondary N) is 2. The minimum atomic E-state index is -1.30. The molecule has 228 valence electrons. The summed E-state index contributed by atoms with van der Waals surface area (Å²) in [6.45, 7) is 1.00. The van der Waals surface area contributed by atoms with Crippen LogP contribution < -0.4 is 20.3 Å². The second-order valence-corrected chi connectivity index (χ2v) is 11.4. The van der Waals surface area contributed by atoms with Crippen molar-refractivity contribution in [2.45, 2.75) is 30.9 Å². The normalized spacial score (nSPS) is 17.4. The Hall–Kier alpha value is -4.18. The second-order valence-electron chi connectivity index (χ2n) is 10.5. The van der Waals surface area contributed by atoms with Gasteiger partial charge < -0.3 is 19.3 Å². The predicted octanol–water partition coefficient (Wildman–Crippen LogP) is 5.58. The lowest BCUT2D eigenvalue weighted by atomic mass is 9.82. The van der Waals surface area contributed by atoms with Gasteiger partial charge in [0, 0.05) is 36.0 Å². The lowest BCUT2D eigenvalue weighted by molar-refractivity contribution is -0.130. The molecule has 0 unspecified atom stereocenters. The van der Waals surface area contributed by atoms with Gasteiger partial charge in [0.25, 0.3) is 5.91 Å². The van der Waals surface area contributed by atoms with E-state index in [1.165, 1.54) is 0 Å². The molecule has 0 aromatic heterocycles. The molecule has 1 heterocycles. The average Bonchev–Trinajstić information content (AvgIpc) is 3.44. The zero-order valence-electron chi connectivity index (χ0n) is 24.5. The van der Waals surface area contributed by atoms with Crippen molar-refractivity contribution in [3.05, 3.63) is 130 Å². The highest BCUT2D eigenvalue weighted by molar-refractivity contribution is 9.10. The molecule has 8 nitrogen and oxygen atoms in total. The van der Waals surface area contributed by atoms with Gasteiger partial charge in [-0.15, -0.1) is 0 Å². The summed E-state index contributed by atoms with van der Waals surface area (Å²) < 4.78 is 18.5. The summed E-state index contributed by atoms with van der Waals surface area (Å²) in [4.78, 5) is 19.4. The van der Waals surface area contributed by atoms with Crippen molar-refractivity contribution in [2.75, 3.05) is 26.9 Å². The third kappa shape index (κ3) is 7.66. The van der Waals surface area contributed by atoms with Gasteiger partial charge >= 0.3 is 0 Å². The molecule has 3 N–H and O–H groups in total. The summed E-state index contributed by atoms with van der Waals surface area (Å²) in [5, 5.41) is 9.05. The molecule has 44 heavy (non-hydrogen) atoms. The summed E-state index contributed by atoms with van der Waals surface area (Å²) in [6, 6.07) is 32.9. The zero-order valence-corrected chi connectivity index (χ0v) is 26.1. The molecule has 0 radical (unpaired) electrons. The summed E-state index contributed by atoms with van der Waals surface area (Å²) in [7, 11) is 1.64. The minimum Gasteiger partial charge on any atom is -0.497 e. The van der Waals surface area contributed by atoms with Crippen LogP contribution in [0.1, 0.15) is 34.8 Å². The van der Waals surface area contributed by atoms with Crippen molar-refractivity contribution >= 4 is 27.7 Å².